The Morgan fingerprint density at radius 1 is 1.24 bits per heavy atom. The summed E-state index contributed by atoms with van der Waals surface area (Å²) >= 11 is 5.94. The van der Waals surface area contributed by atoms with Crippen LogP contribution in [-0.2, 0) is 0 Å². The third-order valence-corrected chi connectivity index (χ3v) is 3.66. The maximum Gasteiger partial charge on any atom is 0.124 e. The van der Waals surface area contributed by atoms with Crippen molar-refractivity contribution >= 4 is 17.3 Å². The average Bonchev–Trinajstić information content (AvgIpc) is 2.48. The summed E-state index contributed by atoms with van der Waals surface area (Å²) in [6.45, 7) is 4.08. The monoisotopic (exact) mass is 300 g/mol. The van der Waals surface area contributed by atoms with E-state index in [1.807, 2.05) is 32.0 Å². The summed E-state index contributed by atoms with van der Waals surface area (Å²) in [7, 11) is 1.67. The minimum Gasteiger partial charge on any atom is -0.496 e. The van der Waals surface area contributed by atoms with Crippen LogP contribution in [0.1, 0.15) is 29.7 Å². The van der Waals surface area contributed by atoms with Crippen molar-refractivity contribution in [1.29, 1.82) is 5.26 Å². The summed E-state index contributed by atoms with van der Waals surface area (Å²) in [5.41, 5.74) is 3.54. The SMILES string of the molecule is COc1cc(C)ccc1C(C)Nc1ccc(Cl)c(C#N)c1. The smallest absolute Gasteiger partial charge is 0.124 e. The van der Waals surface area contributed by atoms with E-state index in [4.69, 9.17) is 21.6 Å². The predicted octanol–water partition coefficient (Wildman–Crippen LogP) is 4.70. The highest BCUT2D eigenvalue weighted by atomic mass is 35.5. The number of hydrogen-bond acceptors (Lipinski definition) is 3. The third kappa shape index (κ3) is 3.48. The highest BCUT2D eigenvalue weighted by molar-refractivity contribution is 6.31. The van der Waals surface area contributed by atoms with Crippen LogP contribution in [-0.4, -0.2) is 7.11 Å². The van der Waals surface area contributed by atoms with Gasteiger partial charge in [-0.2, -0.15) is 5.26 Å². The van der Waals surface area contributed by atoms with Gasteiger partial charge in [0.15, 0.2) is 0 Å². The Morgan fingerprint density at radius 2 is 2.00 bits per heavy atom. The van der Waals surface area contributed by atoms with Crippen LogP contribution in [0.5, 0.6) is 5.75 Å². The van der Waals surface area contributed by atoms with Crippen LogP contribution in [0.4, 0.5) is 5.69 Å². The minimum atomic E-state index is 0.0493. The molecule has 1 unspecified atom stereocenters. The van der Waals surface area contributed by atoms with Crippen molar-refractivity contribution in [3.63, 3.8) is 0 Å². The molecule has 0 spiro atoms. The molecule has 2 aromatic rings. The lowest BCUT2D eigenvalue weighted by Gasteiger charge is -2.19. The molecular formula is C17H17ClN2O. The van der Waals surface area contributed by atoms with Crippen LogP contribution in [0, 0.1) is 18.3 Å². The first-order valence-electron chi connectivity index (χ1n) is 6.66. The van der Waals surface area contributed by atoms with Crippen LogP contribution >= 0.6 is 11.6 Å². The maximum atomic E-state index is 9.02. The van der Waals surface area contributed by atoms with Gasteiger partial charge in [0.2, 0.25) is 0 Å². The van der Waals surface area contributed by atoms with E-state index in [1.165, 1.54) is 0 Å². The van der Waals surface area contributed by atoms with E-state index in [0.717, 1.165) is 22.6 Å². The first-order chi connectivity index (χ1) is 10.0. The fourth-order valence-corrected chi connectivity index (χ4v) is 2.36. The topological polar surface area (TPSA) is 45.0 Å². The van der Waals surface area contributed by atoms with Gasteiger partial charge in [-0.15, -0.1) is 0 Å². The molecule has 0 saturated carbocycles. The Labute approximate surface area is 130 Å². The van der Waals surface area contributed by atoms with Gasteiger partial charge in [-0.3, -0.25) is 0 Å². The third-order valence-electron chi connectivity index (χ3n) is 3.33. The normalized spacial score (nSPS) is 11.6. The Kier molecular flexibility index (Phi) is 4.72. The number of rotatable bonds is 4. The highest BCUT2D eigenvalue weighted by Crippen LogP contribution is 2.29. The molecule has 108 valence electrons. The van der Waals surface area contributed by atoms with Crippen LogP contribution < -0.4 is 10.1 Å². The summed E-state index contributed by atoms with van der Waals surface area (Å²) < 4.78 is 5.44. The Hall–Kier alpha value is -2.18. The van der Waals surface area contributed by atoms with Gasteiger partial charge in [0.05, 0.1) is 23.7 Å². The number of hydrogen-bond donors (Lipinski definition) is 1. The van der Waals surface area contributed by atoms with Gasteiger partial charge in [0.25, 0.3) is 0 Å². The number of benzene rings is 2. The van der Waals surface area contributed by atoms with E-state index in [2.05, 4.69) is 17.5 Å². The van der Waals surface area contributed by atoms with Crippen LogP contribution in [0.3, 0.4) is 0 Å². The fourth-order valence-electron chi connectivity index (χ4n) is 2.20. The molecule has 21 heavy (non-hydrogen) atoms. The van der Waals surface area contributed by atoms with E-state index in [1.54, 1.807) is 19.2 Å². The molecule has 0 saturated heterocycles. The largest absolute Gasteiger partial charge is 0.496 e. The number of nitriles is 1. The number of anilines is 1. The lowest BCUT2D eigenvalue weighted by molar-refractivity contribution is 0.407. The van der Waals surface area contributed by atoms with E-state index >= 15 is 0 Å². The molecule has 1 atom stereocenters. The van der Waals surface area contributed by atoms with Crippen molar-refractivity contribution in [3.8, 4) is 11.8 Å². The zero-order valence-corrected chi connectivity index (χ0v) is 13.0. The molecule has 3 nitrogen and oxygen atoms in total. The lowest BCUT2D eigenvalue weighted by Crippen LogP contribution is -2.08. The van der Waals surface area contributed by atoms with Gasteiger partial charge in [0.1, 0.15) is 11.8 Å². The molecular weight excluding hydrogens is 284 g/mol. The second-order valence-corrected chi connectivity index (χ2v) is 5.33. The minimum absolute atomic E-state index is 0.0493. The summed E-state index contributed by atoms with van der Waals surface area (Å²) in [6, 6.07) is 13.6. The van der Waals surface area contributed by atoms with Gasteiger partial charge >= 0.3 is 0 Å². The molecule has 0 aromatic heterocycles. The first kappa shape index (κ1) is 15.2. The standard InChI is InChI=1S/C17H17ClN2O/c1-11-4-6-15(17(8-11)21-3)12(2)20-14-5-7-16(18)13(9-14)10-19/h4-9,12,20H,1-3H3. The molecule has 4 heteroatoms. The van der Waals surface area contributed by atoms with E-state index in [9.17, 15) is 0 Å². The van der Waals surface area contributed by atoms with Crippen molar-refractivity contribution in [3.05, 3.63) is 58.1 Å². The van der Waals surface area contributed by atoms with E-state index in [0.29, 0.717) is 10.6 Å². The summed E-state index contributed by atoms with van der Waals surface area (Å²) in [5, 5.41) is 12.9. The fraction of sp³-hybridized carbons (Fsp3) is 0.235. The molecule has 0 fully saturated rings. The predicted molar refractivity (Wildman–Crippen MR) is 85.9 cm³/mol. The van der Waals surface area contributed by atoms with Gasteiger partial charge in [0, 0.05) is 11.3 Å². The Bertz CT molecular complexity index is 692. The maximum absolute atomic E-state index is 9.02. The van der Waals surface area contributed by atoms with Crippen molar-refractivity contribution in [1.82, 2.24) is 0 Å². The van der Waals surface area contributed by atoms with Gasteiger partial charge in [-0.1, -0.05) is 23.7 Å². The van der Waals surface area contributed by atoms with Crippen LogP contribution in [0.15, 0.2) is 36.4 Å². The molecule has 0 aliphatic rings. The Balaban J connectivity index is 2.26. The quantitative estimate of drug-likeness (QED) is 0.890. The molecule has 0 amide bonds. The number of halogens is 1. The second-order valence-electron chi connectivity index (χ2n) is 4.92. The number of nitrogens with one attached hydrogen (secondary N) is 1. The summed E-state index contributed by atoms with van der Waals surface area (Å²) in [6.07, 6.45) is 0. The zero-order valence-electron chi connectivity index (χ0n) is 12.3. The van der Waals surface area contributed by atoms with Crippen molar-refractivity contribution in [2.75, 3.05) is 12.4 Å². The second kappa shape index (κ2) is 6.51. The van der Waals surface area contributed by atoms with E-state index < -0.39 is 0 Å². The van der Waals surface area contributed by atoms with Gasteiger partial charge in [-0.25, -0.2) is 0 Å². The summed E-state index contributed by atoms with van der Waals surface area (Å²) in [4.78, 5) is 0. The van der Waals surface area contributed by atoms with Crippen LogP contribution in [0.2, 0.25) is 5.02 Å². The summed E-state index contributed by atoms with van der Waals surface area (Å²) in [5.74, 6) is 0.851. The van der Waals surface area contributed by atoms with Gasteiger partial charge < -0.3 is 10.1 Å². The molecule has 0 aliphatic heterocycles. The van der Waals surface area contributed by atoms with Crippen molar-refractivity contribution < 1.29 is 4.74 Å². The number of aryl methyl sites for hydroxylation is 1. The molecule has 0 heterocycles. The number of nitrogens with zero attached hydrogens (tertiary/aromatic N) is 1. The number of methoxy groups -OCH3 is 1. The molecule has 0 bridgehead atoms. The first-order valence-corrected chi connectivity index (χ1v) is 7.03. The highest BCUT2D eigenvalue weighted by Gasteiger charge is 2.12. The number of ether oxygens (including phenoxy) is 1. The molecule has 2 rings (SSSR count). The van der Waals surface area contributed by atoms with E-state index in [-0.39, 0.29) is 6.04 Å². The molecule has 1 N–H and O–H groups in total. The Morgan fingerprint density at radius 3 is 2.67 bits per heavy atom. The van der Waals surface area contributed by atoms with Crippen molar-refractivity contribution in [2.45, 2.75) is 19.9 Å². The lowest BCUT2D eigenvalue weighted by atomic mass is 10.0. The molecule has 2 aromatic carbocycles. The van der Waals surface area contributed by atoms with Crippen LogP contribution in [0.25, 0.3) is 0 Å². The average molecular weight is 301 g/mol. The molecule has 0 radical (unpaired) electrons. The zero-order chi connectivity index (χ0) is 15.4. The van der Waals surface area contributed by atoms with Gasteiger partial charge in [-0.05, 0) is 43.7 Å². The van der Waals surface area contributed by atoms with Crippen molar-refractivity contribution in [2.24, 2.45) is 0 Å². The molecule has 0 aliphatic carbocycles.